The molecule has 1 unspecified atom stereocenters. The number of hydrogen-bond acceptors (Lipinski definition) is 2. The topological polar surface area (TPSA) is 27.1 Å². The Morgan fingerprint density at radius 3 is 3.00 bits per heavy atom. The van der Waals surface area contributed by atoms with Crippen LogP contribution in [0, 0.1) is 6.92 Å². The van der Waals surface area contributed by atoms with Crippen molar-refractivity contribution >= 4 is 0 Å². The Balaban J connectivity index is 2.17. The van der Waals surface area contributed by atoms with E-state index >= 15 is 0 Å². The number of aryl methyl sites for hydroxylation is 1. The van der Waals surface area contributed by atoms with Gasteiger partial charge in [0, 0.05) is 12.6 Å². The maximum atomic E-state index is 5.23. The number of nitrogens with zero attached hydrogens (tertiary/aromatic N) is 2. The Kier molecular flexibility index (Phi) is 1.24. The van der Waals surface area contributed by atoms with Crippen LogP contribution in [0.5, 0.6) is 0 Å². The van der Waals surface area contributed by atoms with Crippen LogP contribution < -0.4 is 0 Å². The molecule has 0 amide bonds. The third-order valence-corrected chi connectivity index (χ3v) is 1.70. The van der Waals surface area contributed by atoms with Gasteiger partial charge in [0.05, 0.1) is 12.8 Å². The van der Waals surface area contributed by atoms with Crippen molar-refractivity contribution in [3.05, 3.63) is 18.0 Å². The molecule has 3 heteroatoms. The zero-order chi connectivity index (χ0) is 6.97. The summed E-state index contributed by atoms with van der Waals surface area (Å²) in [5.74, 6) is 0. The van der Waals surface area contributed by atoms with E-state index in [0.717, 1.165) is 13.0 Å². The summed E-state index contributed by atoms with van der Waals surface area (Å²) in [5, 5.41) is 4.13. The molecule has 1 aromatic heterocycles. The first-order valence-electron chi connectivity index (χ1n) is 3.48. The average molecular weight is 138 g/mol. The molecular formula is C7H10N2O. The molecule has 0 bridgehead atoms. The van der Waals surface area contributed by atoms with Gasteiger partial charge in [-0.3, -0.25) is 0 Å². The van der Waals surface area contributed by atoms with Crippen LogP contribution >= 0.6 is 0 Å². The van der Waals surface area contributed by atoms with Gasteiger partial charge in [-0.1, -0.05) is 0 Å². The molecular weight excluding hydrogens is 128 g/mol. The largest absolute Gasteiger partial charge is 0.356 e. The molecule has 0 spiro atoms. The summed E-state index contributed by atoms with van der Waals surface area (Å²) in [6.07, 6.45) is 5.17. The minimum absolute atomic E-state index is 0.216. The predicted molar refractivity (Wildman–Crippen MR) is 36.6 cm³/mol. The molecule has 10 heavy (non-hydrogen) atoms. The lowest BCUT2D eigenvalue weighted by Crippen LogP contribution is -2.24. The smallest absolute Gasteiger partial charge is 0.152 e. The quantitative estimate of drug-likeness (QED) is 0.581. The van der Waals surface area contributed by atoms with Gasteiger partial charge in [-0.05, 0) is 12.5 Å². The standard InChI is InChI=1S/C7H10N2O/c1-6-4-8-9(5-6)7-2-3-10-7/h4-5,7H,2-3H2,1H3. The summed E-state index contributed by atoms with van der Waals surface area (Å²) in [6, 6.07) is 0. The molecule has 1 aliphatic heterocycles. The minimum atomic E-state index is 0.216. The molecule has 0 aromatic carbocycles. The first-order chi connectivity index (χ1) is 4.86. The molecule has 1 aliphatic rings. The summed E-state index contributed by atoms with van der Waals surface area (Å²) in [7, 11) is 0. The number of rotatable bonds is 1. The van der Waals surface area contributed by atoms with Gasteiger partial charge in [-0.15, -0.1) is 0 Å². The lowest BCUT2D eigenvalue weighted by atomic mass is 10.3. The second-order valence-corrected chi connectivity index (χ2v) is 2.61. The SMILES string of the molecule is Cc1cnn(C2CCO2)c1. The van der Waals surface area contributed by atoms with Gasteiger partial charge in [0.1, 0.15) is 0 Å². The lowest BCUT2D eigenvalue weighted by molar-refractivity contribution is -0.106. The highest BCUT2D eigenvalue weighted by atomic mass is 16.5. The summed E-state index contributed by atoms with van der Waals surface area (Å²) in [5.41, 5.74) is 1.19. The molecule has 3 nitrogen and oxygen atoms in total. The fraction of sp³-hybridized carbons (Fsp3) is 0.571. The van der Waals surface area contributed by atoms with E-state index in [9.17, 15) is 0 Å². The van der Waals surface area contributed by atoms with Gasteiger partial charge in [-0.25, -0.2) is 4.68 Å². The third-order valence-electron chi connectivity index (χ3n) is 1.70. The number of hydrogen-bond donors (Lipinski definition) is 0. The van der Waals surface area contributed by atoms with Crippen molar-refractivity contribution in [3.63, 3.8) is 0 Å². The van der Waals surface area contributed by atoms with Gasteiger partial charge >= 0.3 is 0 Å². The highest BCUT2D eigenvalue weighted by molar-refractivity contribution is 5.00. The molecule has 1 saturated heterocycles. The average Bonchev–Trinajstić information content (AvgIpc) is 2.10. The normalized spacial score (nSPS) is 24.3. The lowest BCUT2D eigenvalue weighted by Gasteiger charge is -2.26. The summed E-state index contributed by atoms with van der Waals surface area (Å²) < 4.78 is 7.10. The van der Waals surface area contributed by atoms with Crippen molar-refractivity contribution in [2.45, 2.75) is 19.6 Å². The van der Waals surface area contributed by atoms with Crippen LogP contribution in [0.1, 0.15) is 18.2 Å². The molecule has 1 fully saturated rings. The molecule has 1 atom stereocenters. The first-order valence-corrected chi connectivity index (χ1v) is 3.48. The third kappa shape index (κ3) is 0.827. The Hall–Kier alpha value is -0.830. The zero-order valence-electron chi connectivity index (χ0n) is 5.95. The van der Waals surface area contributed by atoms with E-state index in [1.54, 1.807) is 0 Å². The van der Waals surface area contributed by atoms with Gasteiger partial charge in [-0.2, -0.15) is 5.10 Å². The molecule has 2 rings (SSSR count). The van der Waals surface area contributed by atoms with E-state index in [4.69, 9.17) is 4.74 Å². The van der Waals surface area contributed by atoms with E-state index in [1.165, 1.54) is 5.56 Å². The monoisotopic (exact) mass is 138 g/mol. The Labute approximate surface area is 59.6 Å². The maximum Gasteiger partial charge on any atom is 0.152 e. The summed E-state index contributed by atoms with van der Waals surface area (Å²) >= 11 is 0. The first kappa shape index (κ1) is 5.92. The van der Waals surface area contributed by atoms with Crippen LogP contribution in [-0.2, 0) is 4.74 Å². The van der Waals surface area contributed by atoms with Crippen LogP contribution in [0.2, 0.25) is 0 Å². The molecule has 0 radical (unpaired) electrons. The van der Waals surface area contributed by atoms with E-state index in [2.05, 4.69) is 5.10 Å². The van der Waals surface area contributed by atoms with Crippen LogP contribution in [0.3, 0.4) is 0 Å². The van der Waals surface area contributed by atoms with Gasteiger partial charge in [0.2, 0.25) is 0 Å². The Morgan fingerprint density at radius 2 is 2.60 bits per heavy atom. The summed E-state index contributed by atoms with van der Waals surface area (Å²) in [6.45, 7) is 2.91. The molecule has 54 valence electrons. The number of aromatic nitrogens is 2. The fourth-order valence-corrected chi connectivity index (χ4v) is 1.02. The Bertz CT molecular complexity index is 227. The van der Waals surface area contributed by atoms with Crippen LogP contribution in [0.4, 0.5) is 0 Å². The van der Waals surface area contributed by atoms with Crippen molar-refractivity contribution in [2.24, 2.45) is 0 Å². The van der Waals surface area contributed by atoms with Gasteiger partial charge < -0.3 is 4.74 Å². The zero-order valence-corrected chi connectivity index (χ0v) is 5.95. The molecule has 2 heterocycles. The van der Waals surface area contributed by atoms with Crippen molar-refractivity contribution in [2.75, 3.05) is 6.61 Å². The van der Waals surface area contributed by atoms with Gasteiger partial charge in [0.15, 0.2) is 6.23 Å². The van der Waals surface area contributed by atoms with E-state index < -0.39 is 0 Å². The highest BCUT2D eigenvalue weighted by Crippen LogP contribution is 2.21. The van der Waals surface area contributed by atoms with Crippen molar-refractivity contribution in [3.8, 4) is 0 Å². The van der Waals surface area contributed by atoms with Crippen molar-refractivity contribution in [1.82, 2.24) is 9.78 Å². The molecule has 0 saturated carbocycles. The van der Waals surface area contributed by atoms with Crippen molar-refractivity contribution < 1.29 is 4.74 Å². The van der Waals surface area contributed by atoms with E-state index in [-0.39, 0.29) is 6.23 Å². The summed E-state index contributed by atoms with van der Waals surface area (Å²) in [4.78, 5) is 0. The highest BCUT2D eigenvalue weighted by Gasteiger charge is 2.19. The van der Waals surface area contributed by atoms with Crippen LogP contribution in [0.15, 0.2) is 12.4 Å². The second-order valence-electron chi connectivity index (χ2n) is 2.61. The van der Waals surface area contributed by atoms with Gasteiger partial charge in [0.25, 0.3) is 0 Å². The van der Waals surface area contributed by atoms with Crippen molar-refractivity contribution in [1.29, 1.82) is 0 Å². The molecule has 0 aliphatic carbocycles. The molecule has 0 N–H and O–H groups in total. The number of ether oxygens (including phenoxy) is 1. The van der Waals surface area contributed by atoms with E-state index in [0.29, 0.717) is 0 Å². The Morgan fingerprint density at radius 1 is 1.80 bits per heavy atom. The minimum Gasteiger partial charge on any atom is -0.356 e. The second kappa shape index (κ2) is 2.09. The van der Waals surface area contributed by atoms with E-state index in [1.807, 2.05) is 24.0 Å². The maximum absolute atomic E-state index is 5.23. The molecule has 1 aromatic rings. The van der Waals surface area contributed by atoms with Crippen LogP contribution in [-0.4, -0.2) is 16.4 Å². The predicted octanol–water partition coefficient (Wildman–Crippen LogP) is 1.11. The fourth-order valence-electron chi connectivity index (χ4n) is 1.02. The van der Waals surface area contributed by atoms with Crippen LogP contribution in [0.25, 0.3) is 0 Å².